The van der Waals surface area contributed by atoms with E-state index in [-0.39, 0.29) is 24.0 Å². The Morgan fingerprint density at radius 1 is 1.31 bits per heavy atom. The molecule has 0 rings (SSSR count). The summed E-state index contributed by atoms with van der Waals surface area (Å²) in [6.07, 6.45) is 0.460. The fourth-order valence-corrected chi connectivity index (χ4v) is 0.716. The molecule has 1 atom stereocenters. The number of amides is 2. The highest BCUT2D eigenvalue weighted by atomic mass is 16.2. The predicted molar refractivity (Wildman–Crippen MR) is 47.9 cm³/mol. The van der Waals surface area contributed by atoms with E-state index in [1.165, 1.54) is 6.92 Å². The van der Waals surface area contributed by atoms with E-state index in [0.717, 1.165) is 0 Å². The molecule has 0 aromatic heterocycles. The lowest BCUT2D eigenvalue weighted by molar-refractivity contribution is -0.133. The molecule has 0 fully saturated rings. The molecule has 0 bridgehead atoms. The fourth-order valence-electron chi connectivity index (χ4n) is 0.716. The molecule has 0 saturated heterocycles. The lowest BCUT2D eigenvalue weighted by Gasteiger charge is -2.07. The molecule has 0 saturated carbocycles. The quantitative estimate of drug-likeness (QED) is 0.654. The molecule has 13 heavy (non-hydrogen) atoms. The van der Waals surface area contributed by atoms with Crippen molar-refractivity contribution in [3.63, 3.8) is 0 Å². The second kappa shape index (κ2) is 5.45. The molecule has 0 spiro atoms. The number of Topliss-reactive ketones (excluding diaryl/α,β-unsaturated/α-hetero) is 1. The van der Waals surface area contributed by atoms with Crippen LogP contribution in [0.5, 0.6) is 0 Å². The molecule has 0 aromatic carbocycles. The molecule has 4 nitrogen and oxygen atoms in total. The van der Waals surface area contributed by atoms with Gasteiger partial charge in [-0.3, -0.25) is 19.7 Å². The van der Waals surface area contributed by atoms with Gasteiger partial charge in [0.1, 0.15) is 5.78 Å². The Morgan fingerprint density at radius 2 is 1.85 bits per heavy atom. The van der Waals surface area contributed by atoms with E-state index in [1.807, 2.05) is 6.92 Å². The third-order valence-electron chi connectivity index (χ3n) is 1.73. The molecule has 0 aliphatic carbocycles. The first-order valence-corrected chi connectivity index (χ1v) is 4.30. The molecular weight excluding hydrogens is 170 g/mol. The Balaban J connectivity index is 3.92. The average molecular weight is 185 g/mol. The maximum atomic E-state index is 11.1. The van der Waals surface area contributed by atoms with Gasteiger partial charge in [0.05, 0.1) is 6.42 Å². The molecule has 4 heteroatoms. The summed E-state index contributed by atoms with van der Waals surface area (Å²) in [7, 11) is 0. The van der Waals surface area contributed by atoms with E-state index in [0.29, 0.717) is 6.42 Å². The van der Waals surface area contributed by atoms with Gasteiger partial charge in [-0.05, 0) is 13.3 Å². The van der Waals surface area contributed by atoms with Gasteiger partial charge in [-0.25, -0.2) is 0 Å². The van der Waals surface area contributed by atoms with E-state index in [2.05, 4.69) is 5.32 Å². The van der Waals surface area contributed by atoms with Crippen molar-refractivity contribution in [1.29, 1.82) is 0 Å². The van der Waals surface area contributed by atoms with Crippen LogP contribution in [0.25, 0.3) is 0 Å². The van der Waals surface area contributed by atoms with E-state index in [9.17, 15) is 14.4 Å². The summed E-state index contributed by atoms with van der Waals surface area (Å²) >= 11 is 0. The maximum absolute atomic E-state index is 11.1. The molecule has 0 radical (unpaired) electrons. The number of nitrogens with one attached hydrogen (secondary N) is 1. The van der Waals surface area contributed by atoms with Crippen LogP contribution in [0, 0.1) is 5.92 Å². The van der Waals surface area contributed by atoms with Crippen LogP contribution in [0.1, 0.15) is 33.6 Å². The monoisotopic (exact) mass is 185 g/mol. The average Bonchev–Trinajstić information content (AvgIpc) is 2.01. The Kier molecular flexibility index (Phi) is 4.96. The minimum atomic E-state index is -0.516. The predicted octanol–water partition coefficient (Wildman–Crippen LogP) is 0.654. The van der Waals surface area contributed by atoms with Crippen molar-refractivity contribution in [1.82, 2.24) is 5.32 Å². The Hall–Kier alpha value is -1.19. The molecule has 0 aliphatic rings. The molecule has 74 valence electrons. The van der Waals surface area contributed by atoms with Gasteiger partial charge >= 0.3 is 0 Å². The van der Waals surface area contributed by atoms with Gasteiger partial charge in [0.15, 0.2) is 0 Å². The van der Waals surface area contributed by atoms with E-state index >= 15 is 0 Å². The van der Waals surface area contributed by atoms with Crippen molar-refractivity contribution in [2.45, 2.75) is 33.6 Å². The minimum absolute atomic E-state index is 0.184. The highest BCUT2D eigenvalue weighted by Crippen LogP contribution is 1.99. The van der Waals surface area contributed by atoms with Crippen molar-refractivity contribution >= 4 is 17.6 Å². The Bertz CT molecular complexity index is 223. The standard InChI is InChI=1S/C9H15NO3/c1-4-6(2)9(13)10-8(12)5-7(3)11/h6H,4-5H2,1-3H3,(H,10,12,13). The van der Waals surface area contributed by atoms with Gasteiger partial charge in [0, 0.05) is 5.92 Å². The van der Waals surface area contributed by atoms with Crippen LogP contribution in [-0.2, 0) is 14.4 Å². The lowest BCUT2D eigenvalue weighted by atomic mass is 10.1. The topological polar surface area (TPSA) is 63.2 Å². The Morgan fingerprint density at radius 3 is 2.23 bits per heavy atom. The largest absolute Gasteiger partial charge is 0.299 e. The first-order chi connectivity index (χ1) is 5.97. The van der Waals surface area contributed by atoms with Gasteiger partial charge in [-0.2, -0.15) is 0 Å². The van der Waals surface area contributed by atoms with E-state index < -0.39 is 5.91 Å². The van der Waals surface area contributed by atoms with Crippen molar-refractivity contribution in [2.24, 2.45) is 5.92 Å². The van der Waals surface area contributed by atoms with Crippen molar-refractivity contribution < 1.29 is 14.4 Å². The van der Waals surface area contributed by atoms with Crippen LogP contribution in [-0.4, -0.2) is 17.6 Å². The smallest absolute Gasteiger partial charge is 0.233 e. The van der Waals surface area contributed by atoms with Gasteiger partial charge in [-0.1, -0.05) is 13.8 Å². The summed E-state index contributed by atoms with van der Waals surface area (Å²) in [5.41, 5.74) is 0. The van der Waals surface area contributed by atoms with Crippen LogP contribution in [0.15, 0.2) is 0 Å². The van der Waals surface area contributed by atoms with Gasteiger partial charge in [0.25, 0.3) is 0 Å². The van der Waals surface area contributed by atoms with Crippen LogP contribution in [0.2, 0.25) is 0 Å². The molecule has 0 aliphatic heterocycles. The third kappa shape index (κ3) is 5.11. The van der Waals surface area contributed by atoms with Crippen LogP contribution in [0.4, 0.5) is 0 Å². The van der Waals surface area contributed by atoms with Crippen LogP contribution >= 0.6 is 0 Å². The fraction of sp³-hybridized carbons (Fsp3) is 0.667. The maximum Gasteiger partial charge on any atom is 0.233 e. The summed E-state index contributed by atoms with van der Waals surface area (Å²) in [4.78, 5) is 32.6. The lowest BCUT2D eigenvalue weighted by Crippen LogP contribution is -2.35. The van der Waals surface area contributed by atoms with Crippen LogP contribution < -0.4 is 5.32 Å². The highest BCUT2D eigenvalue weighted by Gasteiger charge is 2.14. The summed E-state index contributed by atoms with van der Waals surface area (Å²) in [6.45, 7) is 4.91. The van der Waals surface area contributed by atoms with E-state index in [1.54, 1.807) is 6.92 Å². The van der Waals surface area contributed by atoms with Crippen LogP contribution in [0.3, 0.4) is 0 Å². The second-order valence-corrected chi connectivity index (χ2v) is 3.10. The number of carbonyl (C=O) groups excluding carboxylic acids is 3. The molecule has 1 N–H and O–H groups in total. The van der Waals surface area contributed by atoms with Gasteiger partial charge in [0.2, 0.25) is 11.8 Å². The number of rotatable bonds is 4. The SMILES string of the molecule is CCC(C)C(=O)NC(=O)CC(C)=O. The number of imide groups is 1. The normalized spacial score (nSPS) is 11.9. The summed E-state index contributed by atoms with van der Waals surface area (Å²) in [6, 6.07) is 0. The first-order valence-electron chi connectivity index (χ1n) is 4.30. The number of hydrogen-bond donors (Lipinski definition) is 1. The number of ketones is 1. The number of carbonyl (C=O) groups is 3. The van der Waals surface area contributed by atoms with Gasteiger partial charge in [-0.15, -0.1) is 0 Å². The minimum Gasteiger partial charge on any atom is -0.299 e. The van der Waals surface area contributed by atoms with E-state index in [4.69, 9.17) is 0 Å². The number of hydrogen-bond acceptors (Lipinski definition) is 3. The first kappa shape index (κ1) is 11.8. The summed E-state index contributed by atoms with van der Waals surface area (Å²) < 4.78 is 0. The zero-order chi connectivity index (χ0) is 10.4. The Labute approximate surface area is 77.7 Å². The molecule has 0 heterocycles. The molecular formula is C9H15NO3. The zero-order valence-electron chi connectivity index (χ0n) is 8.22. The molecule has 1 unspecified atom stereocenters. The molecule has 0 aromatic rings. The van der Waals surface area contributed by atoms with Crippen molar-refractivity contribution in [3.05, 3.63) is 0 Å². The second-order valence-electron chi connectivity index (χ2n) is 3.10. The highest BCUT2D eigenvalue weighted by molar-refractivity contribution is 6.04. The van der Waals surface area contributed by atoms with Crippen molar-refractivity contribution in [3.8, 4) is 0 Å². The van der Waals surface area contributed by atoms with Gasteiger partial charge < -0.3 is 0 Å². The third-order valence-corrected chi connectivity index (χ3v) is 1.73. The molecule has 2 amide bonds. The summed E-state index contributed by atoms with van der Waals surface area (Å²) in [5, 5.41) is 2.16. The zero-order valence-corrected chi connectivity index (χ0v) is 8.22. The summed E-state index contributed by atoms with van der Waals surface area (Å²) in [5.74, 6) is -1.25. The van der Waals surface area contributed by atoms with Crippen molar-refractivity contribution in [2.75, 3.05) is 0 Å².